The highest BCUT2D eigenvalue weighted by Gasteiger charge is 2.29. The second-order valence-corrected chi connectivity index (χ2v) is 5.83. The van der Waals surface area contributed by atoms with Crippen molar-refractivity contribution < 1.29 is 18.0 Å². The summed E-state index contributed by atoms with van der Waals surface area (Å²) in [5, 5.41) is 10.7. The van der Waals surface area contributed by atoms with Gasteiger partial charge in [-0.3, -0.25) is 9.48 Å². The van der Waals surface area contributed by atoms with E-state index < -0.39 is 18.6 Å². The van der Waals surface area contributed by atoms with E-state index in [1.54, 1.807) is 18.2 Å². The van der Waals surface area contributed by atoms with Gasteiger partial charge in [0.15, 0.2) is 0 Å². The van der Waals surface area contributed by atoms with Crippen LogP contribution in [0.25, 0.3) is 10.9 Å². The van der Waals surface area contributed by atoms with Crippen LogP contribution in [0.5, 0.6) is 0 Å². The maximum Gasteiger partial charge on any atom is 0.405 e. The zero-order valence-corrected chi connectivity index (χ0v) is 13.9. The molecule has 5 nitrogen and oxygen atoms in total. The summed E-state index contributed by atoms with van der Waals surface area (Å²) < 4.78 is 37.9. The second-order valence-electron chi connectivity index (χ2n) is 5.42. The lowest BCUT2D eigenvalue weighted by Crippen LogP contribution is -2.40. The SMILES string of the molecule is Cl.O=C(Cn1nc(C2CNC2)c2c(Cl)cccc21)NCC(F)(F)F. The minimum atomic E-state index is -4.44. The third kappa shape index (κ3) is 3.93. The van der Waals surface area contributed by atoms with Gasteiger partial charge in [0.05, 0.1) is 16.2 Å². The maximum atomic E-state index is 12.2. The van der Waals surface area contributed by atoms with Crippen LogP contribution in [0.1, 0.15) is 11.6 Å². The van der Waals surface area contributed by atoms with E-state index in [1.807, 2.05) is 5.32 Å². The molecule has 0 spiro atoms. The highest BCUT2D eigenvalue weighted by atomic mass is 35.5. The molecule has 2 aromatic rings. The average Bonchev–Trinajstić information content (AvgIpc) is 2.74. The Morgan fingerprint density at radius 2 is 2.12 bits per heavy atom. The number of rotatable bonds is 4. The van der Waals surface area contributed by atoms with Crippen LogP contribution < -0.4 is 10.6 Å². The molecule has 1 aromatic carbocycles. The van der Waals surface area contributed by atoms with E-state index in [0.29, 0.717) is 10.5 Å². The summed E-state index contributed by atoms with van der Waals surface area (Å²) in [5.74, 6) is -0.554. The van der Waals surface area contributed by atoms with Crippen molar-refractivity contribution in [3.8, 4) is 0 Å². The van der Waals surface area contributed by atoms with Crippen LogP contribution in [0.2, 0.25) is 5.02 Å². The molecule has 0 saturated carbocycles. The van der Waals surface area contributed by atoms with Crippen LogP contribution in [-0.4, -0.2) is 41.5 Å². The second kappa shape index (κ2) is 7.16. The predicted octanol–water partition coefficient (Wildman–Crippen LogP) is 2.48. The molecule has 2 N–H and O–H groups in total. The van der Waals surface area contributed by atoms with E-state index in [-0.39, 0.29) is 24.9 Å². The van der Waals surface area contributed by atoms with Crippen LogP contribution in [-0.2, 0) is 11.3 Å². The summed E-state index contributed by atoms with van der Waals surface area (Å²) in [4.78, 5) is 11.7. The molecular formula is C14H15Cl2F3N4O. The van der Waals surface area contributed by atoms with Crippen molar-refractivity contribution in [3.05, 3.63) is 28.9 Å². The first kappa shape index (κ1) is 18.8. The first-order valence-corrected chi connectivity index (χ1v) is 7.42. The number of aromatic nitrogens is 2. The number of halogens is 5. The van der Waals surface area contributed by atoms with E-state index in [1.165, 1.54) is 4.68 Å². The Balaban J connectivity index is 0.00000208. The first-order chi connectivity index (χ1) is 10.8. The lowest BCUT2D eigenvalue weighted by molar-refractivity contribution is -0.138. The number of nitrogens with zero attached hydrogens (tertiary/aromatic N) is 2. The molecule has 3 rings (SSSR count). The van der Waals surface area contributed by atoms with Crippen LogP contribution in [0.15, 0.2) is 18.2 Å². The number of hydrogen-bond donors (Lipinski definition) is 2. The molecule has 0 atom stereocenters. The van der Waals surface area contributed by atoms with Crippen LogP contribution >= 0.6 is 24.0 Å². The molecule has 0 aliphatic carbocycles. The normalized spacial score (nSPS) is 15.0. The van der Waals surface area contributed by atoms with Crippen molar-refractivity contribution in [3.63, 3.8) is 0 Å². The largest absolute Gasteiger partial charge is 0.405 e. The van der Waals surface area contributed by atoms with Gasteiger partial charge in [-0.2, -0.15) is 18.3 Å². The number of nitrogens with one attached hydrogen (secondary N) is 2. The quantitative estimate of drug-likeness (QED) is 0.853. The fourth-order valence-corrected chi connectivity index (χ4v) is 2.76. The topological polar surface area (TPSA) is 59.0 Å². The molecule has 1 fully saturated rings. The predicted molar refractivity (Wildman–Crippen MR) is 86.7 cm³/mol. The van der Waals surface area contributed by atoms with E-state index in [9.17, 15) is 18.0 Å². The lowest BCUT2D eigenvalue weighted by Gasteiger charge is -2.25. The molecule has 2 heterocycles. The van der Waals surface area contributed by atoms with Gasteiger partial charge in [-0.1, -0.05) is 17.7 Å². The fraction of sp³-hybridized carbons (Fsp3) is 0.429. The van der Waals surface area contributed by atoms with Crippen LogP contribution in [0.3, 0.4) is 0 Å². The van der Waals surface area contributed by atoms with Gasteiger partial charge in [-0.25, -0.2) is 0 Å². The van der Waals surface area contributed by atoms with E-state index in [2.05, 4.69) is 10.4 Å². The standard InChI is InChI=1S/C14H14ClF3N4O.ClH/c15-9-2-1-3-10-12(9)13(8-4-19-5-8)21-22(10)6-11(23)20-7-14(16,17)18;/h1-3,8,19H,4-7H2,(H,20,23);1H. The average molecular weight is 383 g/mol. The molecule has 1 amide bonds. The number of carbonyl (C=O) groups is 1. The van der Waals surface area contributed by atoms with Crippen molar-refractivity contribution in [2.24, 2.45) is 0 Å². The number of alkyl halides is 3. The minimum Gasteiger partial charge on any atom is -0.345 e. The summed E-state index contributed by atoms with van der Waals surface area (Å²) in [6, 6.07) is 5.20. The molecule has 1 saturated heterocycles. The zero-order chi connectivity index (χ0) is 16.6. The van der Waals surface area contributed by atoms with Crippen LogP contribution in [0, 0.1) is 0 Å². The van der Waals surface area contributed by atoms with Gasteiger partial charge in [-0.05, 0) is 12.1 Å². The van der Waals surface area contributed by atoms with Crippen molar-refractivity contribution >= 4 is 40.8 Å². The third-order valence-corrected chi connectivity index (χ3v) is 4.02. The molecule has 0 unspecified atom stereocenters. The molecule has 1 aliphatic rings. The molecule has 1 aliphatic heterocycles. The van der Waals surface area contributed by atoms with Crippen molar-refractivity contribution in [2.75, 3.05) is 19.6 Å². The summed E-state index contributed by atoms with van der Waals surface area (Å²) in [5.41, 5.74) is 1.41. The number of amides is 1. The molecule has 24 heavy (non-hydrogen) atoms. The lowest BCUT2D eigenvalue weighted by atomic mass is 9.96. The van der Waals surface area contributed by atoms with E-state index in [0.717, 1.165) is 24.2 Å². The van der Waals surface area contributed by atoms with Gasteiger partial charge >= 0.3 is 6.18 Å². The highest BCUT2D eigenvalue weighted by molar-refractivity contribution is 6.35. The number of benzene rings is 1. The Bertz CT molecular complexity index is 743. The van der Waals surface area contributed by atoms with Gasteiger partial charge in [-0.15, -0.1) is 12.4 Å². The van der Waals surface area contributed by atoms with Gasteiger partial charge in [0.1, 0.15) is 13.1 Å². The minimum absolute atomic E-state index is 0. The number of fused-ring (bicyclic) bond motifs is 1. The van der Waals surface area contributed by atoms with E-state index in [4.69, 9.17) is 11.6 Å². The Hall–Kier alpha value is -1.51. The summed E-state index contributed by atoms with van der Waals surface area (Å²) in [6.45, 7) is -0.118. The zero-order valence-electron chi connectivity index (χ0n) is 12.4. The smallest absolute Gasteiger partial charge is 0.345 e. The van der Waals surface area contributed by atoms with Crippen molar-refractivity contribution in [1.29, 1.82) is 0 Å². The third-order valence-electron chi connectivity index (χ3n) is 3.70. The van der Waals surface area contributed by atoms with Crippen LogP contribution in [0.4, 0.5) is 13.2 Å². The molecular weight excluding hydrogens is 368 g/mol. The van der Waals surface area contributed by atoms with Gasteiger partial charge in [0.25, 0.3) is 0 Å². The Labute approximate surface area is 146 Å². The highest BCUT2D eigenvalue weighted by Crippen LogP contribution is 2.32. The maximum absolute atomic E-state index is 12.2. The fourth-order valence-electron chi connectivity index (χ4n) is 2.49. The van der Waals surface area contributed by atoms with Crippen molar-refractivity contribution in [1.82, 2.24) is 20.4 Å². The molecule has 10 heteroatoms. The number of hydrogen-bond acceptors (Lipinski definition) is 3. The molecule has 0 radical (unpaired) electrons. The molecule has 0 bridgehead atoms. The molecule has 132 valence electrons. The molecule has 1 aromatic heterocycles. The first-order valence-electron chi connectivity index (χ1n) is 7.04. The Morgan fingerprint density at radius 3 is 2.71 bits per heavy atom. The summed E-state index contributed by atoms with van der Waals surface area (Å²) in [6.07, 6.45) is -4.44. The van der Waals surface area contributed by atoms with Gasteiger partial charge < -0.3 is 10.6 Å². The summed E-state index contributed by atoms with van der Waals surface area (Å²) >= 11 is 6.24. The van der Waals surface area contributed by atoms with E-state index >= 15 is 0 Å². The Kier molecular flexibility index (Phi) is 5.62. The number of carbonyl (C=O) groups excluding carboxylic acids is 1. The van der Waals surface area contributed by atoms with Crippen molar-refractivity contribution in [2.45, 2.75) is 18.6 Å². The van der Waals surface area contributed by atoms with Gasteiger partial charge in [0.2, 0.25) is 5.91 Å². The monoisotopic (exact) mass is 382 g/mol. The summed E-state index contributed by atoms with van der Waals surface area (Å²) in [7, 11) is 0. The Morgan fingerprint density at radius 1 is 1.42 bits per heavy atom. The van der Waals surface area contributed by atoms with Gasteiger partial charge in [0, 0.05) is 24.4 Å².